The van der Waals surface area contributed by atoms with E-state index in [1.165, 1.54) is 0 Å². The summed E-state index contributed by atoms with van der Waals surface area (Å²) in [6.07, 6.45) is 2.35. The topological polar surface area (TPSA) is 75.0 Å². The van der Waals surface area contributed by atoms with E-state index in [1.807, 2.05) is 25.1 Å². The van der Waals surface area contributed by atoms with Gasteiger partial charge in [0.1, 0.15) is 0 Å². The van der Waals surface area contributed by atoms with E-state index in [0.717, 1.165) is 16.7 Å². The number of fused-ring (bicyclic) bond motifs is 1. The van der Waals surface area contributed by atoms with E-state index in [-0.39, 0.29) is 11.8 Å². The van der Waals surface area contributed by atoms with Crippen LogP contribution in [0, 0.1) is 5.92 Å². The molecule has 96 valence electrons. The predicted octanol–water partition coefficient (Wildman–Crippen LogP) is 1.51. The van der Waals surface area contributed by atoms with Gasteiger partial charge in [-0.15, -0.1) is 0 Å². The number of anilines is 1. The second kappa shape index (κ2) is 5.18. The van der Waals surface area contributed by atoms with Crippen LogP contribution in [0.15, 0.2) is 24.5 Å². The number of aromatic amines is 1. The molecule has 1 heterocycles. The number of rotatable bonds is 4. The van der Waals surface area contributed by atoms with Crippen molar-refractivity contribution >= 4 is 22.6 Å². The maximum Gasteiger partial charge on any atom is 0.229 e. The molecule has 1 unspecified atom stereocenters. The molecular weight excluding hydrogens is 228 g/mol. The first-order chi connectivity index (χ1) is 8.63. The van der Waals surface area contributed by atoms with E-state index in [4.69, 9.17) is 5.73 Å². The van der Waals surface area contributed by atoms with Crippen LogP contribution in [0.25, 0.3) is 11.0 Å². The fourth-order valence-electron chi connectivity index (χ4n) is 1.96. The lowest BCUT2D eigenvalue weighted by molar-refractivity contribution is -0.121. The number of benzene rings is 1. The number of carbonyl (C=O) groups is 1. The average molecular weight is 246 g/mol. The van der Waals surface area contributed by atoms with Crippen molar-refractivity contribution in [3.8, 4) is 0 Å². The molecule has 2 rings (SSSR count). The number of nitrogens with zero attached hydrogens (tertiary/aromatic N) is 2. The fraction of sp³-hybridized carbons (Fsp3) is 0.385. The first-order valence-electron chi connectivity index (χ1n) is 6.04. The van der Waals surface area contributed by atoms with Gasteiger partial charge < -0.3 is 15.6 Å². The van der Waals surface area contributed by atoms with E-state index in [1.54, 1.807) is 18.3 Å². The molecule has 0 radical (unpaired) electrons. The van der Waals surface area contributed by atoms with Crippen molar-refractivity contribution < 1.29 is 4.79 Å². The summed E-state index contributed by atoms with van der Waals surface area (Å²) in [5.74, 6) is 0.0248. The van der Waals surface area contributed by atoms with Gasteiger partial charge in [-0.05, 0) is 31.2 Å². The van der Waals surface area contributed by atoms with Gasteiger partial charge >= 0.3 is 0 Å². The summed E-state index contributed by atoms with van der Waals surface area (Å²) in [7, 11) is 1.78. The van der Waals surface area contributed by atoms with Crippen LogP contribution in [0.4, 0.5) is 5.69 Å². The molecule has 18 heavy (non-hydrogen) atoms. The zero-order valence-corrected chi connectivity index (χ0v) is 10.7. The largest absolute Gasteiger partial charge is 0.345 e. The molecular formula is C13H18N4O. The van der Waals surface area contributed by atoms with Crippen LogP contribution >= 0.6 is 0 Å². The lowest BCUT2D eigenvalue weighted by Gasteiger charge is -2.21. The molecule has 5 nitrogen and oxygen atoms in total. The van der Waals surface area contributed by atoms with E-state index < -0.39 is 0 Å². The van der Waals surface area contributed by atoms with Gasteiger partial charge in [0, 0.05) is 18.7 Å². The highest BCUT2D eigenvalue weighted by Crippen LogP contribution is 2.20. The zero-order chi connectivity index (χ0) is 13.1. The Bertz CT molecular complexity index is 549. The molecule has 1 atom stereocenters. The monoisotopic (exact) mass is 246 g/mol. The highest BCUT2D eigenvalue weighted by atomic mass is 16.2. The number of amides is 1. The molecule has 5 heteroatoms. The number of nitrogens with one attached hydrogen (secondary N) is 1. The minimum atomic E-state index is -0.0579. The Morgan fingerprint density at radius 1 is 1.56 bits per heavy atom. The smallest absolute Gasteiger partial charge is 0.229 e. The Labute approximate surface area is 106 Å². The molecule has 0 fully saturated rings. The van der Waals surface area contributed by atoms with Crippen LogP contribution < -0.4 is 10.6 Å². The molecule has 0 spiro atoms. The molecule has 0 saturated carbocycles. The average Bonchev–Trinajstić information content (AvgIpc) is 2.84. The zero-order valence-electron chi connectivity index (χ0n) is 10.7. The maximum atomic E-state index is 12.2. The van der Waals surface area contributed by atoms with Crippen LogP contribution in [0.2, 0.25) is 0 Å². The Balaban J connectivity index is 2.21. The summed E-state index contributed by atoms with van der Waals surface area (Å²) >= 11 is 0. The highest BCUT2D eigenvalue weighted by molar-refractivity contribution is 5.96. The standard InChI is InChI=1S/C13H18N4O/c1-9(5-6-14)13(18)17(2)10-3-4-11-12(7-10)16-8-15-11/h3-4,7-9H,5-6,14H2,1-2H3,(H,15,16). The van der Waals surface area contributed by atoms with Gasteiger partial charge in [-0.25, -0.2) is 4.98 Å². The Morgan fingerprint density at radius 3 is 3.06 bits per heavy atom. The molecule has 1 amide bonds. The minimum Gasteiger partial charge on any atom is -0.345 e. The van der Waals surface area contributed by atoms with Gasteiger partial charge in [-0.2, -0.15) is 0 Å². The Hall–Kier alpha value is -1.88. The summed E-state index contributed by atoms with van der Waals surface area (Å²) in [5, 5.41) is 0. The number of H-pyrrole nitrogens is 1. The van der Waals surface area contributed by atoms with Crippen molar-refractivity contribution in [2.45, 2.75) is 13.3 Å². The lowest BCUT2D eigenvalue weighted by atomic mass is 10.1. The van der Waals surface area contributed by atoms with Crippen LogP contribution in [0.5, 0.6) is 0 Å². The molecule has 1 aromatic heterocycles. The highest BCUT2D eigenvalue weighted by Gasteiger charge is 2.18. The summed E-state index contributed by atoms with van der Waals surface area (Å²) < 4.78 is 0. The van der Waals surface area contributed by atoms with Crippen molar-refractivity contribution in [1.82, 2.24) is 9.97 Å². The SMILES string of the molecule is CC(CCN)C(=O)N(C)c1ccc2nc[nH]c2c1. The number of nitrogens with two attached hydrogens (primary N) is 1. The molecule has 0 saturated heterocycles. The molecule has 0 aliphatic carbocycles. The number of hydrogen-bond donors (Lipinski definition) is 2. The lowest BCUT2D eigenvalue weighted by Crippen LogP contribution is -2.32. The van der Waals surface area contributed by atoms with Crippen molar-refractivity contribution in [3.05, 3.63) is 24.5 Å². The van der Waals surface area contributed by atoms with Gasteiger partial charge in [0.15, 0.2) is 0 Å². The summed E-state index contributed by atoms with van der Waals surface area (Å²) in [6.45, 7) is 2.43. The third-order valence-electron chi connectivity index (χ3n) is 3.14. The van der Waals surface area contributed by atoms with Gasteiger partial charge in [0.25, 0.3) is 0 Å². The molecule has 3 N–H and O–H groups in total. The second-order valence-electron chi connectivity index (χ2n) is 4.48. The Kier molecular flexibility index (Phi) is 3.62. The molecule has 2 aromatic rings. The van der Waals surface area contributed by atoms with Crippen LogP contribution in [0.3, 0.4) is 0 Å². The van der Waals surface area contributed by atoms with E-state index in [9.17, 15) is 4.79 Å². The molecule has 0 bridgehead atoms. The molecule has 0 aliphatic rings. The van der Waals surface area contributed by atoms with Crippen molar-refractivity contribution in [1.29, 1.82) is 0 Å². The van der Waals surface area contributed by atoms with Gasteiger partial charge in [-0.1, -0.05) is 6.92 Å². The third-order valence-corrected chi connectivity index (χ3v) is 3.14. The third kappa shape index (κ3) is 2.36. The minimum absolute atomic E-state index is 0.0579. The number of carbonyl (C=O) groups excluding carboxylic acids is 1. The van der Waals surface area contributed by atoms with Crippen molar-refractivity contribution in [2.75, 3.05) is 18.5 Å². The normalized spacial score (nSPS) is 12.6. The number of aromatic nitrogens is 2. The predicted molar refractivity (Wildman–Crippen MR) is 72.3 cm³/mol. The van der Waals surface area contributed by atoms with Gasteiger partial charge in [0.2, 0.25) is 5.91 Å². The molecule has 0 aliphatic heterocycles. The van der Waals surface area contributed by atoms with Crippen molar-refractivity contribution in [3.63, 3.8) is 0 Å². The summed E-state index contributed by atoms with van der Waals surface area (Å²) in [4.78, 5) is 21.0. The first kappa shape index (κ1) is 12.6. The van der Waals surface area contributed by atoms with E-state index in [2.05, 4.69) is 9.97 Å². The van der Waals surface area contributed by atoms with E-state index in [0.29, 0.717) is 13.0 Å². The van der Waals surface area contributed by atoms with Crippen LogP contribution in [0.1, 0.15) is 13.3 Å². The quantitative estimate of drug-likeness (QED) is 0.858. The molecule has 1 aromatic carbocycles. The summed E-state index contributed by atoms with van der Waals surface area (Å²) in [6, 6.07) is 5.73. The second-order valence-corrected chi connectivity index (χ2v) is 4.48. The van der Waals surface area contributed by atoms with Crippen LogP contribution in [-0.4, -0.2) is 29.5 Å². The van der Waals surface area contributed by atoms with Gasteiger partial charge in [-0.3, -0.25) is 4.79 Å². The van der Waals surface area contributed by atoms with Crippen LogP contribution in [-0.2, 0) is 4.79 Å². The van der Waals surface area contributed by atoms with Gasteiger partial charge in [0.05, 0.1) is 17.4 Å². The summed E-state index contributed by atoms with van der Waals surface area (Å²) in [5.41, 5.74) is 8.17. The van der Waals surface area contributed by atoms with Crippen molar-refractivity contribution in [2.24, 2.45) is 11.7 Å². The fourth-order valence-corrected chi connectivity index (χ4v) is 1.96. The first-order valence-corrected chi connectivity index (χ1v) is 6.04. The maximum absolute atomic E-state index is 12.2. The van der Waals surface area contributed by atoms with E-state index >= 15 is 0 Å². The Morgan fingerprint density at radius 2 is 2.33 bits per heavy atom. The number of hydrogen-bond acceptors (Lipinski definition) is 3. The number of imidazole rings is 1.